The van der Waals surface area contributed by atoms with Crippen molar-refractivity contribution in [3.8, 4) is 0 Å². The topological polar surface area (TPSA) is 102 Å². The first-order valence-corrected chi connectivity index (χ1v) is 13.2. The van der Waals surface area contributed by atoms with Crippen LogP contribution in [0.2, 0.25) is 0 Å². The van der Waals surface area contributed by atoms with Gasteiger partial charge in [0.1, 0.15) is 0 Å². The van der Waals surface area contributed by atoms with Crippen molar-refractivity contribution < 1.29 is 19.8 Å². The van der Waals surface area contributed by atoms with Crippen molar-refractivity contribution >= 4 is 23.3 Å². The molecule has 3 aromatic carbocycles. The molecule has 0 bridgehead atoms. The molecule has 198 valence electrons. The molecule has 0 aromatic heterocycles. The lowest BCUT2D eigenvalue weighted by Crippen LogP contribution is -2.37. The Kier molecular flexibility index (Phi) is 9.78. The van der Waals surface area contributed by atoms with Gasteiger partial charge in [-0.2, -0.15) is 0 Å². The number of para-hydroxylation sites is 1. The largest absolute Gasteiger partial charge is 0.480 e. The van der Waals surface area contributed by atoms with E-state index in [0.717, 1.165) is 37.1 Å². The number of carbonyl (C=O) groups is 2. The van der Waals surface area contributed by atoms with Crippen molar-refractivity contribution in [1.82, 2.24) is 4.90 Å². The van der Waals surface area contributed by atoms with Gasteiger partial charge in [0.05, 0.1) is 17.9 Å². The van der Waals surface area contributed by atoms with Gasteiger partial charge in [-0.3, -0.25) is 14.7 Å². The van der Waals surface area contributed by atoms with Crippen LogP contribution in [-0.2, 0) is 9.59 Å². The summed E-state index contributed by atoms with van der Waals surface area (Å²) in [6.07, 6.45) is 3.65. The second-order valence-electron chi connectivity index (χ2n) is 9.59. The number of amides is 1. The molecule has 0 saturated carbocycles. The Labute approximate surface area is 223 Å². The smallest absolute Gasteiger partial charge is 0.329 e. The van der Waals surface area contributed by atoms with Crippen LogP contribution in [0.5, 0.6) is 0 Å². The van der Waals surface area contributed by atoms with Gasteiger partial charge in [0.25, 0.3) is 0 Å². The third-order valence-corrected chi connectivity index (χ3v) is 6.89. The number of aliphatic carboxylic acids is 1. The van der Waals surface area contributed by atoms with Crippen molar-refractivity contribution in [3.05, 3.63) is 102 Å². The van der Waals surface area contributed by atoms with Gasteiger partial charge in [0.2, 0.25) is 5.91 Å². The summed E-state index contributed by atoms with van der Waals surface area (Å²) in [7, 11) is 0. The molecule has 3 aromatic rings. The monoisotopic (exact) mass is 513 g/mol. The van der Waals surface area contributed by atoms with E-state index in [1.165, 1.54) is 6.42 Å². The Morgan fingerprint density at radius 1 is 0.868 bits per heavy atom. The fraction of sp³-hybridized carbons (Fsp3) is 0.323. The van der Waals surface area contributed by atoms with Gasteiger partial charge in [-0.15, -0.1) is 0 Å². The highest BCUT2D eigenvalue weighted by Crippen LogP contribution is 2.29. The highest BCUT2D eigenvalue weighted by Gasteiger charge is 2.30. The number of nitrogens with zero attached hydrogens (tertiary/aromatic N) is 2. The minimum Gasteiger partial charge on any atom is -0.480 e. The summed E-state index contributed by atoms with van der Waals surface area (Å²) in [6, 6.07) is 24.9. The standard InChI is InChI=1S/C31H35N3O4/c35-21-18-25(23-12-4-1-5-13-23)30(31(37)38)33-29(24-14-6-2-7-15-24)26-16-8-9-17-27(26)32-28(36)22-34-19-10-3-11-20-34/h1-2,4-9,12-17,25,30,35H,3,10-11,18-22H2,(H,32,36)(H,37,38)/t25-,30-/m0/s1. The zero-order valence-corrected chi connectivity index (χ0v) is 21.5. The summed E-state index contributed by atoms with van der Waals surface area (Å²) in [5, 5.41) is 23.1. The lowest BCUT2D eigenvalue weighted by atomic mass is 9.88. The molecular weight excluding hydrogens is 478 g/mol. The van der Waals surface area contributed by atoms with E-state index < -0.39 is 17.9 Å². The molecule has 0 aliphatic carbocycles. The first-order chi connectivity index (χ1) is 18.6. The number of aliphatic imine (C=N–C) groups is 1. The number of hydrogen-bond acceptors (Lipinski definition) is 5. The number of rotatable bonds is 11. The molecule has 7 heteroatoms. The van der Waals surface area contributed by atoms with Gasteiger partial charge in [0, 0.05) is 23.7 Å². The molecule has 1 fully saturated rings. The number of hydrogen-bond donors (Lipinski definition) is 3. The molecule has 2 atom stereocenters. The van der Waals surface area contributed by atoms with Crippen LogP contribution in [0, 0.1) is 0 Å². The van der Waals surface area contributed by atoms with Crippen molar-refractivity contribution in [2.24, 2.45) is 4.99 Å². The molecule has 1 saturated heterocycles. The Morgan fingerprint density at radius 2 is 1.50 bits per heavy atom. The number of likely N-dealkylation sites (tertiary alicyclic amines) is 1. The van der Waals surface area contributed by atoms with Crippen molar-refractivity contribution in [2.45, 2.75) is 37.6 Å². The minimum absolute atomic E-state index is 0.107. The molecular formula is C31H35N3O4. The fourth-order valence-corrected chi connectivity index (χ4v) is 5.01. The number of piperidine rings is 1. The predicted molar refractivity (Wildman–Crippen MR) is 150 cm³/mol. The van der Waals surface area contributed by atoms with Crippen LogP contribution in [-0.4, -0.2) is 65.0 Å². The number of carboxylic acid groups (broad SMARTS) is 1. The quantitative estimate of drug-likeness (QED) is 0.326. The molecule has 7 nitrogen and oxygen atoms in total. The number of carboxylic acids is 1. The Bertz CT molecular complexity index is 1220. The van der Waals surface area contributed by atoms with Gasteiger partial charge in [-0.25, -0.2) is 4.79 Å². The molecule has 3 N–H and O–H groups in total. The first-order valence-electron chi connectivity index (χ1n) is 13.2. The zero-order chi connectivity index (χ0) is 26.7. The fourth-order valence-electron chi connectivity index (χ4n) is 5.01. The molecule has 1 amide bonds. The van der Waals surface area contributed by atoms with Gasteiger partial charge < -0.3 is 15.5 Å². The summed E-state index contributed by atoms with van der Waals surface area (Å²) >= 11 is 0. The van der Waals surface area contributed by atoms with Crippen LogP contribution in [0.15, 0.2) is 89.9 Å². The van der Waals surface area contributed by atoms with Gasteiger partial charge in [-0.05, 0) is 44.0 Å². The third kappa shape index (κ3) is 7.15. The van der Waals surface area contributed by atoms with Crippen LogP contribution >= 0.6 is 0 Å². The van der Waals surface area contributed by atoms with Crippen LogP contribution in [0.3, 0.4) is 0 Å². The lowest BCUT2D eigenvalue weighted by Gasteiger charge is -2.26. The Hall–Kier alpha value is -3.81. The summed E-state index contributed by atoms with van der Waals surface area (Å²) in [4.78, 5) is 32.6. The number of nitrogens with one attached hydrogen (secondary N) is 1. The molecule has 1 heterocycles. The molecule has 1 aliphatic rings. The number of anilines is 1. The highest BCUT2D eigenvalue weighted by molar-refractivity contribution is 6.17. The van der Waals surface area contributed by atoms with Crippen LogP contribution in [0.25, 0.3) is 0 Å². The van der Waals surface area contributed by atoms with E-state index in [4.69, 9.17) is 4.99 Å². The second-order valence-corrected chi connectivity index (χ2v) is 9.59. The molecule has 0 radical (unpaired) electrons. The maximum absolute atomic E-state index is 13.0. The van der Waals surface area contributed by atoms with E-state index >= 15 is 0 Å². The zero-order valence-electron chi connectivity index (χ0n) is 21.5. The van der Waals surface area contributed by atoms with Crippen LogP contribution in [0.4, 0.5) is 5.69 Å². The third-order valence-electron chi connectivity index (χ3n) is 6.89. The average molecular weight is 514 g/mol. The van der Waals surface area contributed by atoms with E-state index in [1.807, 2.05) is 84.9 Å². The van der Waals surface area contributed by atoms with Crippen molar-refractivity contribution in [3.63, 3.8) is 0 Å². The summed E-state index contributed by atoms with van der Waals surface area (Å²) < 4.78 is 0. The van der Waals surface area contributed by atoms with Crippen molar-refractivity contribution in [1.29, 1.82) is 0 Å². The van der Waals surface area contributed by atoms with E-state index in [2.05, 4.69) is 10.2 Å². The van der Waals surface area contributed by atoms with Gasteiger partial charge in [-0.1, -0.05) is 85.3 Å². The molecule has 0 spiro atoms. The maximum atomic E-state index is 13.0. The van der Waals surface area contributed by atoms with Crippen LogP contribution in [0.1, 0.15) is 48.3 Å². The number of aliphatic hydroxyl groups is 1. The van der Waals surface area contributed by atoms with Gasteiger partial charge >= 0.3 is 5.97 Å². The number of benzene rings is 3. The maximum Gasteiger partial charge on any atom is 0.329 e. The first kappa shape index (κ1) is 27.2. The predicted octanol–water partition coefficient (Wildman–Crippen LogP) is 4.57. The van der Waals surface area contributed by atoms with E-state index in [1.54, 1.807) is 0 Å². The molecule has 4 rings (SSSR count). The van der Waals surface area contributed by atoms with Gasteiger partial charge in [0.15, 0.2) is 6.04 Å². The lowest BCUT2D eigenvalue weighted by molar-refractivity contribution is -0.139. The highest BCUT2D eigenvalue weighted by atomic mass is 16.4. The average Bonchev–Trinajstić information content (AvgIpc) is 2.94. The van der Waals surface area contributed by atoms with Crippen molar-refractivity contribution in [2.75, 3.05) is 31.6 Å². The summed E-state index contributed by atoms with van der Waals surface area (Å²) in [6.45, 7) is 1.98. The number of carbonyl (C=O) groups excluding carboxylic acids is 1. The van der Waals surface area contributed by atoms with E-state index in [-0.39, 0.29) is 18.9 Å². The summed E-state index contributed by atoms with van der Waals surface area (Å²) in [5.74, 6) is -1.71. The minimum atomic E-state index is -1.14. The second kappa shape index (κ2) is 13.7. The SMILES string of the molecule is O=C(CN1CCCCC1)Nc1ccccc1C(=N[C@H](C(=O)O)[C@@H](CCO)c1ccccc1)c1ccccc1. The van der Waals surface area contributed by atoms with E-state index in [0.29, 0.717) is 23.5 Å². The van der Waals surface area contributed by atoms with Crippen LogP contribution < -0.4 is 5.32 Å². The Morgan fingerprint density at radius 3 is 2.16 bits per heavy atom. The number of aliphatic hydroxyl groups excluding tert-OH is 1. The molecule has 0 unspecified atom stereocenters. The normalized spacial score (nSPS) is 16.0. The Balaban J connectivity index is 1.74. The van der Waals surface area contributed by atoms with E-state index in [9.17, 15) is 19.8 Å². The summed E-state index contributed by atoms with van der Waals surface area (Å²) in [5.41, 5.74) is 3.25. The molecule has 1 aliphatic heterocycles. The molecule has 38 heavy (non-hydrogen) atoms.